The Morgan fingerprint density at radius 2 is 1.91 bits per heavy atom. The van der Waals surface area contributed by atoms with E-state index >= 15 is 0 Å². The first-order chi connectivity index (χ1) is 10.5. The summed E-state index contributed by atoms with van der Waals surface area (Å²) in [4.78, 5) is 23.0. The highest BCUT2D eigenvalue weighted by molar-refractivity contribution is 6.31. The number of halogens is 1. The number of nitrogens with one attached hydrogen (secondary N) is 2. The molecule has 0 aliphatic rings. The van der Waals surface area contributed by atoms with Crippen molar-refractivity contribution in [3.05, 3.63) is 58.6 Å². The third-order valence-corrected chi connectivity index (χ3v) is 3.55. The Balaban J connectivity index is 1.97. The summed E-state index contributed by atoms with van der Waals surface area (Å²) < 4.78 is 0. The van der Waals surface area contributed by atoms with Gasteiger partial charge in [-0.2, -0.15) is 0 Å². The Bertz CT molecular complexity index is 716. The van der Waals surface area contributed by atoms with Crippen molar-refractivity contribution < 1.29 is 9.59 Å². The maximum atomic E-state index is 11.9. The van der Waals surface area contributed by atoms with Crippen LogP contribution in [0.5, 0.6) is 0 Å². The predicted molar refractivity (Wildman–Crippen MR) is 88.3 cm³/mol. The van der Waals surface area contributed by atoms with Gasteiger partial charge in [0.1, 0.15) is 0 Å². The number of hydrogen-bond donors (Lipinski definition) is 3. The monoisotopic (exact) mass is 317 g/mol. The SMILES string of the molecule is Cc1c(Cl)cccc1NCC(=O)Nc1cccc(C(N)=O)c1. The number of primary amides is 1. The molecule has 0 heterocycles. The molecule has 4 N–H and O–H groups in total. The Labute approximate surface area is 133 Å². The van der Waals surface area contributed by atoms with Crippen LogP contribution >= 0.6 is 11.6 Å². The van der Waals surface area contributed by atoms with Crippen molar-refractivity contribution in [1.29, 1.82) is 0 Å². The van der Waals surface area contributed by atoms with Crippen molar-refractivity contribution in [1.82, 2.24) is 0 Å². The van der Waals surface area contributed by atoms with E-state index in [4.69, 9.17) is 17.3 Å². The standard InChI is InChI=1S/C16H16ClN3O2/c1-10-13(17)6-3-7-14(10)19-9-15(21)20-12-5-2-4-11(8-12)16(18)22/h2-8,19H,9H2,1H3,(H2,18,22)(H,20,21). The van der Waals surface area contributed by atoms with E-state index in [0.717, 1.165) is 11.3 Å². The van der Waals surface area contributed by atoms with Gasteiger partial charge in [-0.15, -0.1) is 0 Å². The molecular formula is C16H16ClN3O2. The fraction of sp³-hybridized carbons (Fsp3) is 0.125. The zero-order valence-corrected chi connectivity index (χ0v) is 12.8. The van der Waals surface area contributed by atoms with Crippen LogP contribution in [0.3, 0.4) is 0 Å². The van der Waals surface area contributed by atoms with E-state index in [1.807, 2.05) is 19.1 Å². The third kappa shape index (κ3) is 3.99. The molecule has 22 heavy (non-hydrogen) atoms. The van der Waals surface area contributed by atoms with Crippen LogP contribution < -0.4 is 16.4 Å². The van der Waals surface area contributed by atoms with Gasteiger partial charge in [0.2, 0.25) is 11.8 Å². The van der Waals surface area contributed by atoms with Crippen LogP contribution in [-0.4, -0.2) is 18.4 Å². The molecule has 6 heteroatoms. The van der Waals surface area contributed by atoms with Crippen LogP contribution in [0.2, 0.25) is 5.02 Å². The van der Waals surface area contributed by atoms with Crippen LogP contribution in [0.1, 0.15) is 15.9 Å². The second-order valence-corrected chi connectivity index (χ2v) is 5.17. The van der Waals surface area contributed by atoms with Crippen molar-refractivity contribution in [3.8, 4) is 0 Å². The fourth-order valence-corrected chi connectivity index (χ4v) is 2.10. The minimum absolute atomic E-state index is 0.0853. The molecule has 0 aromatic heterocycles. The molecular weight excluding hydrogens is 302 g/mol. The first kappa shape index (κ1) is 15.9. The number of carbonyl (C=O) groups excluding carboxylic acids is 2. The zero-order chi connectivity index (χ0) is 16.1. The van der Waals surface area contributed by atoms with E-state index in [9.17, 15) is 9.59 Å². The van der Waals surface area contributed by atoms with Crippen LogP contribution in [0.25, 0.3) is 0 Å². The predicted octanol–water partition coefficient (Wildman–Crippen LogP) is 2.80. The fourth-order valence-electron chi connectivity index (χ4n) is 1.93. The van der Waals surface area contributed by atoms with Crippen molar-refractivity contribution >= 4 is 34.8 Å². The molecule has 0 saturated carbocycles. The van der Waals surface area contributed by atoms with Gasteiger partial charge in [0.25, 0.3) is 0 Å². The highest BCUT2D eigenvalue weighted by Gasteiger charge is 2.07. The van der Waals surface area contributed by atoms with Gasteiger partial charge in [0.15, 0.2) is 0 Å². The normalized spacial score (nSPS) is 10.1. The minimum atomic E-state index is -0.538. The number of amides is 2. The van der Waals surface area contributed by atoms with Crippen LogP contribution in [0, 0.1) is 6.92 Å². The first-order valence-electron chi connectivity index (χ1n) is 6.66. The molecule has 114 valence electrons. The maximum absolute atomic E-state index is 11.9. The largest absolute Gasteiger partial charge is 0.376 e. The van der Waals surface area contributed by atoms with Crippen molar-refractivity contribution in [3.63, 3.8) is 0 Å². The zero-order valence-electron chi connectivity index (χ0n) is 12.0. The van der Waals surface area contributed by atoms with Gasteiger partial charge in [-0.25, -0.2) is 0 Å². The average Bonchev–Trinajstić information content (AvgIpc) is 2.49. The highest BCUT2D eigenvalue weighted by Crippen LogP contribution is 2.22. The van der Waals surface area contributed by atoms with Gasteiger partial charge >= 0.3 is 0 Å². The summed E-state index contributed by atoms with van der Waals surface area (Å²) >= 11 is 6.02. The number of nitrogens with two attached hydrogens (primary N) is 1. The molecule has 0 aliphatic carbocycles. The third-order valence-electron chi connectivity index (χ3n) is 3.14. The van der Waals surface area contributed by atoms with E-state index < -0.39 is 5.91 Å². The quantitative estimate of drug-likeness (QED) is 0.792. The Morgan fingerprint density at radius 3 is 2.64 bits per heavy atom. The lowest BCUT2D eigenvalue weighted by Crippen LogP contribution is -2.22. The van der Waals surface area contributed by atoms with E-state index in [0.29, 0.717) is 16.3 Å². The van der Waals surface area contributed by atoms with Gasteiger partial charge < -0.3 is 16.4 Å². The van der Waals surface area contributed by atoms with Gasteiger partial charge in [0.05, 0.1) is 6.54 Å². The molecule has 0 unspecified atom stereocenters. The summed E-state index contributed by atoms with van der Waals surface area (Å²) in [6.07, 6.45) is 0. The molecule has 0 bridgehead atoms. The summed E-state index contributed by atoms with van der Waals surface area (Å²) in [5.74, 6) is -0.773. The van der Waals surface area contributed by atoms with Crippen molar-refractivity contribution in [2.45, 2.75) is 6.92 Å². The minimum Gasteiger partial charge on any atom is -0.376 e. The molecule has 2 aromatic rings. The smallest absolute Gasteiger partial charge is 0.248 e. The molecule has 0 atom stereocenters. The molecule has 2 aromatic carbocycles. The number of benzene rings is 2. The summed E-state index contributed by atoms with van der Waals surface area (Å²) in [5.41, 5.74) is 7.75. The second-order valence-electron chi connectivity index (χ2n) is 4.76. The lowest BCUT2D eigenvalue weighted by Gasteiger charge is -2.11. The number of rotatable bonds is 5. The second kappa shape index (κ2) is 6.95. The summed E-state index contributed by atoms with van der Waals surface area (Å²) in [5, 5.41) is 6.36. The molecule has 0 spiro atoms. The summed E-state index contributed by atoms with van der Waals surface area (Å²) in [6, 6.07) is 11.9. The van der Waals surface area contributed by atoms with Crippen LogP contribution in [-0.2, 0) is 4.79 Å². The molecule has 2 amide bonds. The number of anilines is 2. The van der Waals surface area contributed by atoms with Crippen LogP contribution in [0.15, 0.2) is 42.5 Å². The van der Waals surface area contributed by atoms with Gasteiger partial charge in [-0.1, -0.05) is 23.7 Å². The molecule has 0 aliphatic heterocycles. The lowest BCUT2D eigenvalue weighted by atomic mass is 10.2. The van der Waals surface area contributed by atoms with Gasteiger partial charge in [-0.05, 0) is 42.8 Å². The highest BCUT2D eigenvalue weighted by atomic mass is 35.5. The molecule has 5 nitrogen and oxygen atoms in total. The van der Waals surface area contributed by atoms with Crippen molar-refractivity contribution in [2.75, 3.05) is 17.2 Å². The maximum Gasteiger partial charge on any atom is 0.248 e. The van der Waals surface area contributed by atoms with E-state index in [1.165, 1.54) is 6.07 Å². The van der Waals surface area contributed by atoms with Gasteiger partial charge in [-0.3, -0.25) is 9.59 Å². The number of hydrogen-bond acceptors (Lipinski definition) is 3. The molecule has 2 rings (SSSR count). The number of carbonyl (C=O) groups is 2. The van der Waals surface area contributed by atoms with Crippen molar-refractivity contribution in [2.24, 2.45) is 5.73 Å². The van der Waals surface area contributed by atoms with E-state index in [2.05, 4.69) is 10.6 Å². The van der Waals surface area contributed by atoms with Crippen LogP contribution in [0.4, 0.5) is 11.4 Å². The summed E-state index contributed by atoms with van der Waals surface area (Å²) in [7, 11) is 0. The Hall–Kier alpha value is -2.53. The first-order valence-corrected chi connectivity index (χ1v) is 7.04. The Kier molecular flexibility index (Phi) is 5.01. The molecule has 0 saturated heterocycles. The average molecular weight is 318 g/mol. The molecule has 0 fully saturated rings. The molecule has 0 radical (unpaired) electrons. The Morgan fingerprint density at radius 1 is 1.18 bits per heavy atom. The summed E-state index contributed by atoms with van der Waals surface area (Å²) in [6.45, 7) is 1.96. The van der Waals surface area contributed by atoms with E-state index in [-0.39, 0.29) is 12.5 Å². The topological polar surface area (TPSA) is 84.2 Å². The van der Waals surface area contributed by atoms with E-state index in [1.54, 1.807) is 24.3 Å². The lowest BCUT2D eigenvalue weighted by molar-refractivity contribution is -0.114. The van der Waals surface area contributed by atoms with Gasteiger partial charge in [0, 0.05) is 22.0 Å².